The first-order chi connectivity index (χ1) is 14.1. The first-order valence-electron chi connectivity index (χ1n) is 10.5. The second-order valence-corrected chi connectivity index (χ2v) is 7.41. The lowest BCUT2D eigenvalue weighted by atomic mass is 10.2. The van der Waals surface area contributed by atoms with E-state index in [-0.39, 0.29) is 24.0 Å². The molecule has 0 unspecified atom stereocenters. The summed E-state index contributed by atoms with van der Waals surface area (Å²) < 4.78 is 7.33. The van der Waals surface area contributed by atoms with Gasteiger partial charge in [0.25, 0.3) is 0 Å². The molecule has 0 atom stereocenters. The van der Waals surface area contributed by atoms with Crippen LogP contribution in [0, 0.1) is 13.8 Å². The van der Waals surface area contributed by atoms with Crippen molar-refractivity contribution in [1.82, 2.24) is 20.0 Å². The van der Waals surface area contributed by atoms with Gasteiger partial charge in [0.15, 0.2) is 5.96 Å². The molecule has 0 radical (unpaired) electrons. The Labute approximate surface area is 197 Å². The van der Waals surface area contributed by atoms with Gasteiger partial charge < -0.3 is 19.9 Å². The number of anilines is 1. The number of hydrogen-bond acceptors (Lipinski definition) is 4. The van der Waals surface area contributed by atoms with Gasteiger partial charge in [0.1, 0.15) is 5.75 Å². The van der Waals surface area contributed by atoms with Crippen molar-refractivity contribution in [2.24, 2.45) is 4.99 Å². The Hall–Kier alpha value is -1.97. The van der Waals surface area contributed by atoms with Gasteiger partial charge in [-0.15, -0.1) is 24.0 Å². The number of rotatable bonds is 7. The van der Waals surface area contributed by atoms with Crippen molar-refractivity contribution in [3.63, 3.8) is 0 Å². The Morgan fingerprint density at radius 1 is 1.13 bits per heavy atom. The third kappa shape index (κ3) is 6.52. The van der Waals surface area contributed by atoms with Crippen LogP contribution >= 0.6 is 24.0 Å². The van der Waals surface area contributed by atoms with Gasteiger partial charge >= 0.3 is 0 Å². The highest BCUT2D eigenvalue weighted by Gasteiger charge is 2.19. The predicted molar refractivity (Wildman–Crippen MR) is 134 cm³/mol. The number of hydrogen-bond donors (Lipinski definition) is 1. The summed E-state index contributed by atoms with van der Waals surface area (Å²) >= 11 is 0. The largest absolute Gasteiger partial charge is 0.497 e. The smallest absolute Gasteiger partial charge is 0.194 e. The maximum absolute atomic E-state index is 5.26. The lowest BCUT2D eigenvalue weighted by Crippen LogP contribution is -2.52. The molecule has 1 aliphatic heterocycles. The number of aromatic nitrogens is 2. The van der Waals surface area contributed by atoms with E-state index >= 15 is 0 Å². The molecular formula is C22H35IN6O. The minimum Gasteiger partial charge on any atom is -0.497 e. The zero-order valence-electron chi connectivity index (χ0n) is 18.6. The molecule has 1 aromatic carbocycles. The van der Waals surface area contributed by atoms with Gasteiger partial charge in [-0.3, -0.25) is 9.67 Å². The summed E-state index contributed by atoms with van der Waals surface area (Å²) in [5, 5.41) is 7.98. The van der Waals surface area contributed by atoms with Gasteiger partial charge in [0, 0.05) is 57.2 Å². The molecule has 0 amide bonds. The molecule has 0 spiro atoms. The zero-order valence-corrected chi connectivity index (χ0v) is 20.9. The Morgan fingerprint density at radius 2 is 1.83 bits per heavy atom. The number of halogens is 1. The van der Waals surface area contributed by atoms with E-state index in [4.69, 9.17) is 9.73 Å². The standard InChI is InChI=1S/C22H34N6O.HI/c1-5-23-22(24-11-6-12-28-19(3)17-18(2)25-28)27-15-13-26(14-16-27)20-7-9-21(29-4)10-8-20;/h7-10,17H,5-6,11-16H2,1-4H3,(H,23,24);1H. The molecular weight excluding hydrogens is 491 g/mol. The van der Waals surface area contributed by atoms with E-state index in [1.54, 1.807) is 7.11 Å². The molecule has 3 rings (SSSR count). The quantitative estimate of drug-likeness (QED) is 0.260. The highest BCUT2D eigenvalue weighted by Crippen LogP contribution is 2.20. The van der Waals surface area contributed by atoms with Crippen LogP contribution < -0.4 is 15.0 Å². The van der Waals surface area contributed by atoms with Crippen molar-refractivity contribution >= 4 is 35.6 Å². The molecule has 1 N–H and O–H groups in total. The van der Waals surface area contributed by atoms with Crippen LogP contribution in [0.4, 0.5) is 5.69 Å². The van der Waals surface area contributed by atoms with Crippen molar-refractivity contribution in [2.45, 2.75) is 33.7 Å². The minimum atomic E-state index is 0. The van der Waals surface area contributed by atoms with Crippen LogP contribution in [0.5, 0.6) is 5.75 Å². The van der Waals surface area contributed by atoms with E-state index in [9.17, 15) is 0 Å². The summed E-state index contributed by atoms with van der Waals surface area (Å²) in [6.07, 6.45) is 0.989. The summed E-state index contributed by atoms with van der Waals surface area (Å²) in [7, 11) is 1.70. The molecule has 1 saturated heterocycles. The Bertz CT molecular complexity index is 796. The van der Waals surface area contributed by atoms with Crippen molar-refractivity contribution < 1.29 is 4.74 Å². The Balaban J connectivity index is 0.00000320. The monoisotopic (exact) mass is 526 g/mol. The van der Waals surface area contributed by atoms with E-state index in [2.05, 4.69) is 56.9 Å². The lowest BCUT2D eigenvalue weighted by Gasteiger charge is -2.37. The first-order valence-corrected chi connectivity index (χ1v) is 10.5. The summed E-state index contributed by atoms with van der Waals surface area (Å²) in [6, 6.07) is 10.4. The summed E-state index contributed by atoms with van der Waals surface area (Å²) in [5.41, 5.74) is 3.54. The van der Waals surface area contributed by atoms with Crippen LogP contribution in [-0.4, -0.2) is 67.0 Å². The highest BCUT2D eigenvalue weighted by molar-refractivity contribution is 14.0. The fourth-order valence-electron chi connectivity index (χ4n) is 3.70. The second kappa shape index (κ2) is 12.0. The van der Waals surface area contributed by atoms with Crippen LogP contribution in [0.3, 0.4) is 0 Å². The maximum Gasteiger partial charge on any atom is 0.194 e. The van der Waals surface area contributed by atoms with Gasteiger partial charge in [-0.05, 0) is 57.5 Å². The van der Waals surface area contributed by atoms with Gasteiger partial charge in [0.05, 0.1) is 12.8 Å². The molecule has 0 bridgehead atoms. The molecule has 7 nitrogen and oxygen atoms in total. The molecule has 2 aromatic rings. The van der Waals surface area contributed by atoms with Gasteiger partial charge in [-0.2, -0.15) is 5.10 Å². The molecule has 1 fully saturated rings. The third-order valence-corrected chi connectivity index (χ3v) is 5.24. The van der Waals surface area contributed by atoms with Gasteiger partial charge in [-0.1, -0.05) is 0 Å². The van der Waals surface area contributed by atoms with E-state index in [1.807, 2.05) is 19.1 Å². The molecule has 166 valence electrons. The maximum atomic E-state index is 5.26. The number of nitrogens with zero attached hydrogens (tertiary/aromatic N) is 5. The number of benzene rings is 1. The number of guanidine groups is 1. The number of aryl methyl sites for hydroxylation is 3. The van der Waals surface area contributed by atoms with E-state index in [0.717, 1.165) is 69.6 Å². The number of nitrogens with one attached hydrogen (secondary N) is 1. The van der Waals surface area contributed by atoms with Crippen LogP contribution in [0.1, 0.15) is 24.7 Å². The molecule has 2 heterocycles. The Kier molecular flexibility index (Phi) is 9.74. The van der Waals surface area contributed by atoms with Crippen LogP contribution in [0.25, 0.3) is 0 Å². The fraction of sp³-hybridized carbons (Fsp3) is 0.545. The van der Waals surface area contributed by atoms with E-state index < -0.39 is 0 Å². The number of aliphatic imine (C=N–C) groups is 1. The SMILES string of the molecule is CCNC(=NCCCn1nc(C)cc1C)N1CCN(c2ccc(OC)cc2)CC1.I. The fourth-order valence-corrected chi connectivity index (χ4v) is 3.70. The van der Waals surface area contributed by atoms with Crippen molar-refractivity contribution in [1.29, 1.82) is 0 Å². The molecule has 1 aliphatic rings. The van der Waals surface area contributed by atoms with Crippen LogP contribution in [0.2, 0.25) is 0 Å². The first kappa shape index (κ1) is 24.3. The zero-order chi connectivity index (χ0) is 20.6. The average molecular weight is 526 g/mol. The van der Waals surface area contributed by atoms with Crippen molar-refractivity contribution in [2.75, 3.05) is 51.3 Å². The molecule has 1 aromatic heterocycles. The molecule has 30 heavy (non-hydrogen) atoms. The highest BCUT2D eigenvalue weighted by atomic mass is 127. The topological polar surface area (TPSA) is 57.9 Å². The van der Waals surface area contributed by atoms with Gasteiger partial charge in [-0.25, -0.2) is 0 Å². The third-order valence-electron chi connectivity index (χ3n) is 5.24. The van der Waals surface area contributed by atoms with Crippen molar-refractivity contribution in [3.8, 4) is 5.75 Å². The van der Waals surface area contributed by atoms with Crippen LogP contribution in [-0.2, 0) is 6.54 Å². The van der Waals surface area contributed by atoms with Gasteiger partial charge in [0.2, 0.25) is 0 Å². The van der Waals surface area contributed by atoms with E-state index in [0.29, 0.717) is 0 Å². The molecule has 0 saturated carbocycles. The number of methoxy groups -OCH3 is 1. The predicted octanol–water partition coefficient (Wildman–Crippen LogP) is 3.30. The van der Waals surface area contributed by atoms with Crippen molar-refractivity contribution in [3.05, 3.63) is 41.7 Å². The summed E-state index contributed by atoms with van der Waals surface area (Å²) in [4.78, 5) is 9.65. The second-order valence-electron chi connectivity index (χ2n) is 7.41. The normalized spacial score (nSPS) is 14.5. The summed E-state index contributed by atoms with van der Waals surface area (Å²) in [5.74, 6) is 1.92. The average Bonchev–Trinajstić information content (AvgIpc) is 3.07. The lowest BCUT2D eigenvalue weighted by molar-refractivity contribution is 0.372. The minimum absolute atomic E-state index is 0. The number of piperazine rings is 1. The Morgan fingerprint density at radius 3 is 2.40 bits per heavy atom. The summed E-state index contributed by atoms with van der Waals surface area (Å²) in [6.45, 7) is 12.8. The molecule has 0 aliphatic carbocycles. The number of ether oxygens (including phenoxy) is 1. The molecule has 8 heteroatoms. The van der Waals surface area contributed by atoms with E-state index in [1.165, 1.54) is 11.4 Å². The van der Waals surface area contributed by atoms with Crippen LogP contribution in [0.15, 0.2) is 35.3 Å².